The Morgan fingerprint density at radius 2 is 2.00 bits per heavy atom. The van der Waals surface area contributed by atoms with Crippen LogP contribution in [0, 0.1) is 12.8 Å². The van der Waals surface area contributed by atoms with E-state index in [2.05, 4.69) is 48.3 Å². The zero-order valence-electron chi connectivity index (χ0n) is 12.7. The van der Waals surface area contributed by atoms with Gasteiger partial charge in [-0.25, -0.2) is 0 Å². The number of nitrogens with one attached hydrogen (secondary N) is 1. The topological polar surface area (TPSA) is 32.3 Å². The summed E-state index contributed by atoms with van der Waals surface area (Å²) in [4.78, 5) is 14.3. The van der Waals surface area contributed by atoms with Gasteiger partial charge in [0.25, 0.3) is 0 Å². The van der Waals surface area contributed by atoms with Crippen LogP contribution in [0.2, 0.25) is 0 Å². The molecule has 1 fully saturated rings. The van der Waals surface area contributed by atoms with Gasteiger partial charge >= 0.3 is 0 Å². The zero-order valence-corrected chi connectivity index (χ0v) is 12.7. The lowest BCUT2D eigenvalue weighted by atomic mass is 10.1. The van der Waals surface area contributed by atoms with E-state index >= 15 is 0 Å². The molecular formula is C17H26N2O. The van der Waals surface area contributed by atoms with E-state index in [0.29, 0.717) is 13.1 Å². The van der Waals surface area contributed by atoms with Crippen molar-refractivity contribution in [1.82, 2.24) is 10.2 Å². The van der Waals surface area contributed by atoms with Gasteiger partial charge in [0.15, 0.2) is 0 Å². The molecule has 1 aromatic rings. The minimum Gasteiger partial charge on any atom is -0.351 e. The second kappa shape index (κ2) is 7.44. The lowest BCUT2D eigenvalue weighted by Crippen LogP contribution is -2.38. The van der Waals surface area contributed by atoms with Crippen LogP contribution in [0.3, 0.4) is 0 Å². The summed E-state index contributed by atoms with van der Waals surface area (Å²) in [6.07, 6.45) is 3.79. The maximum Gasteiger partial charge on any atom is 0.234 e. The number of carbonyl (C=O) groups is 1. The van der Waals surface area contributed by atoms with Crippen molar-refractivity contribution in [2.24, 2.45) is 5.92 Å². The third-order valence-corrected chi connectivity index (χ3v) is 3.73. The standard InChI is InChI=1S/C17H26N2O/c1-3-10-19(12-16-8-9-16)13-17(20)18-11-15-6-4-14(2)5-7-15/h4-7,16H,3,8-13H2,1-2H3,(H,18,20). The Labute approximate surface area is 122 Å². The van der Waals surface area contributed by atoms with E-state index in [1.54, 1.807) is 0 Å². The highest BCUT2D eigenvalue weighted by molar-refractivity contribution is 5.78. The summed E-state index contributed by atoms with van der Waals surface area (Å²) in [7, 11) is 0. The van der Waals surface area contributed by atoms with E-state index in [0.717, 1.165) is 31.0 Å². The van der Waals surface area contributed by atoms with E-state index in [1.165, 1.54) is 18.4 Å². The highest BCUT2D eigenvalue weighted by Gasteiger charge is 2.24. The van der Waals surface area contributed by atoms with E-state index < -0.39 is 0 Å². The molecule has 1 amide bonds. The number of amides is 1. The van der Waals surface area contributed by atoms with Crippen LogP contribution in [0.4, 0.5) is 0 Å². The predicted molar refractivity (Wildman–Crippen MR) is 82.5 cm³/mol. The van der Waals surface area contributed by atoms with E-state index in [-0.39, 0.29) is 5.91 Å². The maximum atomic E-state index is 12.0. The highest BCUT2D eigenvalue weighted by atomic mass is 16.2. The molecule has 20 heavy (non-hydrogen) atoms. The number of hydrogen-bond donors (Lipinski definition) is 1. The van der Waals surface area contributed by atoms with Crippen molar-refractivity contribution < 1.29 is 4.79 Å². The van der Waals surface area contributed by atoms with Crippen molar-refractivity contribution in [3.63, 3.8) is 0 Å². The monoisotopic (exact) mass is 274 g/mol. The first-order valence-electron chi connectivity index (χ1n) is 7.72. The van der Waals surface area contributed by atoms with Crippen molar-refractivity contribution in [3.8, 4) is 0 Å². The van der Waals surface area contributed by atoms with Crippen LogP contribution in [0.15, 0.2) is 24.3 Å². The first-order chi connectivity index (χ1) is 9.67. The molecule has 0 saturated heterocycles. The molecule has 1 aliphatic carbocycles. The van der Waals surface area contributed by atoms with Gasteiger partial charge < -0.3 is 5.32 Å². The molecule has 0 radical (unpaired) electrons. The van der Waals surface area contributed by atoms with Gasteiger partial charge in [-0.3, -0.25) is 9.69 Å². The summed E-state index contributed by atoms with van der Waals surface area (Å²) >= 11 is 0. The van der Waals surface area contributed by atoms with Crippen LogP contribution >= 0.6 is 0 Å². The third kappa shape index (κ3) is 5.33. The third-order valence-electron chi connectivity index (χ3n) is 3.73. The molecular weight excluding hydrogens is 248 g/mol. The summed E-state index contributed by atoms with van der Waals surface area (Å²) in [5.41, 5.74) is 2.41. The molecule has 1 aliphatic rings. The fraction of sp³-hybridized carbons (Fsp3) is 0.588. The minimum absolute atomic E-state index is 0.139. The molecule has 2 rings (SSSR count). The van der Waals surface area contributed by atoms with Crippen molar-refractivity contribution in [1.29, 1.82) is 0 Å². The lowest BCUT2D eigenvalue weighted by Gasteiger charge is -2.20. The molecule has 0 aliphatic heterocycles. The number of rotatable bonds is 8. The van der Waals surface area contributed by atoms with Gasteiger partial charge in [0, 0.05) is 13.1 Å². The van der Waals surface area contributed by atoms with Crippen molar-refractivity contribution in [3.05, 3.63) is 35.4 Å². The summed E-state index contributed by atoms with van der Waals surface area (Å²) in [6.45, 7) is 7.52. The highest BCUT2D eigenvalue weighted by Crippen LogP contribution is 2.29. The van der Waals surface area contributed by atoms with Crippen molar-refractivity contribution >= 4 is 5.91 Å². The molecule has 0 atom stereocenters. The molecule has 110 valence electrons. The maximum absolute atomic E-state index is 12.0. The van der Waals surface area contributed by atoms with Crippen molar-refractivity contribution in [2.75, 3.05) is 19.6 Å². The van der Waals surface area contributed by atoms with Gasteiger partial charge in [0.1, 0.15) is 0 Å². The molecule has 0 aromatic heterocycles. The smallest absolute Gasteiger partial charge is 0.234 e. The second-order valence-corrected chi connectivity index (χ2v) is 5.94. The normalized spacial score (nSPS) is 14.6. The fourth-order valence-corrected chi connectivity index (χ4v) is 2.38. The number of aryl methyl sites for hydroxylation is 1. The average molecular weight is 274 g/mol. The second-order valence-electron chi connectivity index (χ2n) is 5.94. The molecule has 0 spiro atoms. The summed E-state index contributed by atoms with van der Waals surface area (Å²) in [6, 6.07) is 8.31. The molecule has 0 unspecified atom stereocenters. The Kier molecular flexibility index (Phi) is 5.60. The van der Waals surface area contributed by atoms with Crippen LogP contribution in [0.25, 0.3) is 0 Å². The largest absolute Gasteiger partial charge is 0.351 e. The van der Waals surface area contributed by atoms with Gasteiger partial charge in [-0.2, -0.15) is 0 Å². The Balaban J connectivity index is 1.73. The van der Waals surface area contributed by atoms with Crippen LogP contribution in [0.1, 0.15) is 37.3 Å². The quantitative estimate of drug-likeness (QED) is 0.790. The van der Waals surface area contributed by atoms with E-state index in [4.69, 9.17) is 0 Å². The number of benzene rings is 1. The van der Waals surface area contributed by atoms with E-state index in [9.17, 15) is 4.79 Å². The van der Waals surface area contributed by atoms with Crippen LogP contribution < -0.4 is 5.32 Å². The zero-order chi connectivity index (χ0) is 14.4. The Hall–Kier alpha value is -1.35. The summed E-state index contributed by atoms with van der Waals surface area (Å²) < 4.78 is 0. The molecule has 0 heterocycles. The first-order valence-corrected chi connectivity index (χ1v) is 7.72. The van der Waals surface area contributed by atoms with Gasteiger partial charge in [0.2, 0.25) is 5.91 Å². The molecule has 1 saturated carbocycles. The lowest BCUT2D eigenvalue weighted by molar-refractivity contribution is -0.122. The Morgan fingerprint density at radius 1 is 1.30 bits per heavy atom. The van der Waals surface area contributed by atoms with Crippen LogP contribution in [-0.4, -0.2) is 30.4 Å². The minimum atomic E-state index is 0.139. The number of carbonyl (C=O) groups excluding carboxylic acids is 1. The number of hydrogen-bond acceptors (Lipinski definition) is 2. The van der Waals surface area contributed by atoms with Crippen molar-refractivity contribution in [2.45, 2.75) is 39.7 Å². The predicted octanol–water partition coefficient (Wildman–Crippen LogP) is 2.73. The molecule has 3 nitrogen and oxygen atoms in total. The fourth-order valence-electron chi connectivity index (χ4n) is 2.38. The Bertz CT molecular complexity index is 423. The van der Waals surface area contributed by atoms with Gasteiger partial charge in [-0.1, -0.05) is 36.8 Å². The van der Waals surface area contributed by atoms with Gasteiger partial charge in [0.05, 0.1) is 6.54 Å². The van der Waals surface area contributed by atoms with Crippen LogP contribution in [0.5, 0.6) is 0 Å². The summed E-state index contributed by atoms with van der Waals surface area (Å²) in [5, 5.41) is 3.02. The Morgan fingerprint density at radius 3 is 2.60 bits per heavy atom. The van der Waals surface area contributed by atoms with E-state index in [1.807, 2.05) is 0 Å². The SMILES string of the molecule is CCCN(CC(=O)NCc1ccc(C)cc1)CC1CC1. The molecule has 0 bridgehead atoms. The molecule has 1 N–H and O–H groups in total. The van der Waals surface area contributed by atoms with Crippen LogP contribution in [-0.2, 0) is 11.3 Å². The molecule has 1 aromatic carbocycles. The summed E-state index contributed by atoms with van der Waals surface area (Å²) in [5.74, 6) is 0.978. The van der Waals surface area contributed by atoms with Gasteiger partial charge in [-0.15, -0.1) is 0 Å². The average Bonchev–Trinajstić information content (AvgIpc) is 3.22. The number of nitrogens with zero attached hydrogens (tertiary/aromatic N) is 1. The first kappa shape index (κ1) is 15.0. The molecule has 3 heteroatoms. The van der Waals surface area contributed by atoms with Gasteiger partial charge in [-0.05, 0) is 44.2 Å².